The van der Waals surface area contributed by atoms with Gasteiger partial charge in [0.2, 0.25) is 5.89 Å². The minimum absolute atomic E-state index is 0.00967. The molecule has 2 aliphatic rings. The van der Waals surface area contributed by atoms with Crippen LogP contribution in [-0.2, 0) is 4.79 Å². The Balaban J connectivity index is 1.27. The summed E-state index contributed by atoms with van der Waals surface area (Å²) in [4.78, 5) is 18.4. The second kappa shape index (κ2) is 6.14. The molecule has 2 fully saturated rings. The van der Waals surface area contributed by atoms with Crippen molar-refractivity contribution < 1.29 is 18.8 Å². The van der Waals surface area contributed by atoms with E-state index in [0.717, 1.165) is 18.7 Å². The van der Waals surface area contributed by atoms with Gasteiger partial charge < -0.3 is 18.9 Å². The lowest BCUT2D eigenvalue weighted by Crippen LogP contribution is -2.50. The Morgan fingerprint density at radius 2 is 2.00 bits per heavy atom. The second-order valence-electron chi connectivity index (χ2n) is 6.20. The number of ether oxygens (including phenoxy) is 2. The number of hydrogen-bond donors (Lipinski definition) is 0. The first-order valence-corrected chi connectivity index (χ1v) is 8.11. The summed E-state index contributed by atoms with van der Waals surface area (Å²) < 4.78 is 16.1. The summed E-state index contributed by atoms with van der Waals surface area (Å²) in [6.07, 6.45) is 2.29. The van der Waals surface area contributed by atoms with Crippen molar-refractivity contribution in [2.75, 3.05) is 26.8 Å². The van der Waals surface area contributed by atoms with Crippen molar-refractivity contribution in [3.8, 4) is 11.5 Å². The van der Waals surface area contributed by atoms with Gasteiger partial charge in [-0.1, -0.05) is 17.3 Å². The molecule has 1 aromatic carbocycles. The zero-order chi connectivity index (χ0) is 16.5. The zero-order valence-corrected chi connectivity index (χ0v) is 13.5. The molecule has 0 bridgehead atoms. The highest BCUT2D eigenvalue weighted by Gasteiger charge is 2.37. The van der Waals surface area contributed by atoms with Gasteiger partial charge in [0.25, 0.3) is 5.91 Å². The average molecular weight is 329 g/mol. The highest BCUT2D eigenvalue weighted by atomic mass is 16.5. The van der Waals surface area contributed by atoms with Gasteiger partial charge in [0.05, 0.1) is 13.0 Å². The SMILES string of the molecule is COc1ccccc1OCC(=O)N1CC(c2nc(C3CC3)no2)C1. The summed E-state index contributed by atoms with van der Waals surface area (Å²) >= 11 is 0. The Kier molecular flexibility index (Phi) is 3.84. The molecule has 1 aliphatic carbocycles. The van der Waals surface area contributed by atoms with Gasteiger partial charge >= 0.3 is 0 Å². The average Bonchev–Trinajstić information content (AvgIpc) is 3.31. The molecule has 1 aliphatic heterocycles. The number of benzene rings is 1. The summed E-state index contributed by atoms with van der Waals surface area (Å²) in [5.74, 6) is 3.20. The van der Waals surface area contributed by atoms with E-state index in [-0.39, 0.29) is 18.4 Å². The minimum atomic E-state index is -0.0564. The fourth-order valence-electron chi connectivity index (χ4n) is 2.73. The number of aromatic nitrogens is 2. The Morgan fingerprint density at radius 1 is 1.25 bits per heavy atom. The number of methoxy groups -OCH3 is 1. The third-order valence-corrected chi connectivity index (χ3v) is 4.40. The number of likely N-dealkylation sites (tertiary alicyclic amines) is 1. The number of para-hydroxylation sites is 2. The lowest BCUT2D eigenvalue weighted by atomic mass is 10.0. The van der Waals surface area contributed by atoms with Crippen molar-refractivity contribution >= 4 is 5.91 Å². The van der Waals surface area contributed by atoms with E-state index >= 15 is 0 Å². The van der Waals surface area contributed by atoms with Crippen LogP contribution in [0.4, 0.5) is 0 Å². The van der Waals surface area contributed by atoms with Crippen molar-refractivity contribution in [2.45, 2.75) is 24.7 Å². The smallest absolute Gasteiger partial charge is 0.260 e. The van der Waals surface area contributed by atoms with Crippen molar-refractivity contribution in [3.63, 3.8) is 0 Å². The fourth-order valence-corrected chi connectivity index (χ4v) is 2.73. The van der Waals surface area contributed by atoms with Crippen LogP contribution >= 0.6 is 0 Å². The number of carbonyl (C=O) groups excluding carboxylic acids is 1. The van der Waals surface area contributed by atoms with Crippen LogP contribution < -0.4 is 9.47 Å². The summed E-state index contributed by atoms with van der Waals surface area (Å²) in [5, 5.41) is 4.02. The Labute approximate surface area is 139 Å². The van der Waals surface area contributed by atoms with Crippen LogP contribution in [0.2, 0.25) is 0 Å². The molecule has 0 N–H and O–H groups in total. The standard InChI is InChI=1S/C17H19N3O4/c1-22-13-4-2-3-5-14(13)23-10-15(21)20-8-12(9-20)17-18-16(19-24-17)11-6-7-11/h2-5,11-12H,6-10H2,1H3. The number of amides is 1. The summed E-state index contributed by atoms with van der Waals surface area (Å²) in [6, 6.07) is 7.28. The van der Waals surface area contributed by atoms with Gasteiger partial charge in [0.15, 0.2) is 23.9 Å². The van der Waals surface area contributed by atoms with Crippen LogP contribution in [0.25, 0.3) is 0 Å². The number of rotatable bonds is 6. The first kappa shape index (κ1) is 15.0. The molecule has 1 saturated carbocycles. The topological polar surface area (TPSA) is 77.7 Å². The molecule has 1 aromatic heterocycles. The van der Waals surface area contributed by atoms with Crippen molar-refractivity contribution in [3.05, 3.63) is 36.0 Å². The summed E-state index contributed by atoms with van der Waals surface area (Å²) in [7, 11) is 1.57. The van der Waals surface area contributed by atoms with Crippen molar-refractivity contribution in [1.82, 2.24) is 15.0 Å². The van der Waals surface area contributed by atoms with Gasteiger partial charge in [-0.2, -0.15) is 4.98 Å². The Hall–Kier alpha value is -2.57. The lowest BCUT2D eigenvalue weighted by molar-refractivity contribution is -0.138. The maximum atomic E-state index is 12.2. The summed E-state index contributed by atoms with van der Waals surface area (Å²) in [5.41, 5.74) is 0. The molecule has 1 amide bonds. The highest BCUT2D eigenvalue weighted by Crippen LogP contribution is 2.39. The normalized spacial score (nSPS) is 17.5. The van der Waals surface area contributed by atoms with Gasteiger partial charge in [-0.3, -0.25) is 4.79 Å². The highest BCUT2D eigenvalue weighted by molar-refractivity contribution is 5.78. The van der Waals surface area contributed by atoms with Crippen LogP contribution in [0.1, 0.15) is 36.4 Å². The Morgan fingerprint density at radius 3 is 2.71 bits per heavy atom. The Bertz CT molecular complexity index is 735. The molecule has 4 rings (SSSR count). The summed E-state index contributed by atoms with van der Waals surface area (Å²) in [6.45, 7) is 1.19. The lowest BCUT2D eigenvalue weighted by Gasteiger charge is -2.36. The first-order valence-electron chi connectivity index (χ1n) is 8.11. The van der Waals surface area contributed by atoms with Gasteiger partial charge in [-0.05, 0) is 25.0 Å². The number of nitrogens with zero attached hydrogens (tertiary/aromatic N) is 3. The molecule has 0 spiro atoms. The van der Waals surface area contributed by atoms with E-state index < -0.39 is 0 Å². The van der Waals surface area contributed by atoms with Crippen LogP contribution in [0.3, 0.4) is 0 Å². The molecule has 24 heavy (non-hydrogen) atoms. The van der Waals surface area contributed by atoms with Gasteiger partial charge in [-0.15, -0.1) is 0 Å². The molecule has 0 unspecified atom stereocenters. The van der Waals surface area contributed by atoms with Gasteiger partial charge in [0, 0.05) is 19.0 Å². The maximum Gasteiger partial charge on any atom is 0.260 e. The fraction of sp³-hybridized carbons (Fsp3) is 0.471. The minimum Gasteiger partial charge on any atom is -0.493 e. The van der Waals surface area contributed by atoms with Crippen LogP contribution in [0, 0.1) is 0 Å². The van der Waals surface area contributed by atoms with E-state index in [1.54, 1.807) is 24.1 Å². The second-order valence-corrected chi connectivity index (χ2v) is 6.20. The molecule has 2 heterocycles. The number of carbonyl (C=O) groups is 1. The number of hydrogen-bond acceptors (Lipinski definition) is 6. The van der Waals surface area contributed by atoms with E-state index in [1.165, 1.54) is 0 Å². The van der Waals surface area contributed by atoms with E-state index in [1.807, 2.05) is 12.1 Å². The molecular weight excluding hydrogens is 310 g/mol. The maximum absolute atomic E-state index is 12.2. The van der Waals surface area contributed by atoms with Crippen molar-refractivity contribution in [2.24, 2.45) is 0 Å². The molecule has 0 atom stereocenters. The van der Waals surface area contributed by atoms with Crippen molar-refractivity contribution in [1.29, 1.82) is 0 Å². The monoisotopic (exact) mass is 329 g/mol. The predicted octanol–water partition coefficient (Wildman–Crippen LogP) is 1.96. The van der Waals surface area contributed by atoms with E-state index in [0.29, 0.717) is 36.4 Å². The molecular formula is C17H19N3O4. The molecule has 126 valence electrons. The first-order chi connectivity index (χ1) is 11.7. The van der Waals surface area contributed by atoms with E-state index in [4.69, 9.17) is 14.0 Å². The van der Waals surface area contributed by atoms with Gasteiger partial charge in [-0.25, -0.2) is 0 Å². The predicted molar refractivity (Wildman–Crippen MR) is 84.1 cm³/mol. The molecule has 7 nitrogen and oxygen atoms in total. The van der Waals surface area contributed by atoms with Crippen LogP contribution in [0.15, 0.2) is 28.8 Å². The van der Waals surface area contributed by atoms with E-state index in [2.05, 4.69) is 10.1 Å². The zero-order valence-electron chi connectivity index (χ0n) is 13.5. The van der Waals surface area contributed by atoms with E-state index in [9.17, 15) is 4.79 Å². The molecule has 2 aromatic rings. The van der Waals surface area contributed by atoms with Gasteiger partial charge in [0.1, 0.15) is 0 Å². The molecule has 7 heteroatoms. The third-order valence-electron chi connectivity index (χ3n) is 4.40. The van der Waals surface area contributed by atoms with Crippen LogP contribution in [-0.4, -0.2) is 47.8 Å². The van der Waals surface area contributed by atoms with Crippen LogP contribution in [0.5, 0.6) is 11.5 Å². The molecule has 0 radical (unpaired) electrons. The quantitative estimate of drug-likeness (QED) is 0.806. The molecule has 1 saturated heterocycles. The third kappa shape index (κ3) is 2.93. The largest absolute Gasteiger partial charge is 0.493 e.